The molecule has 1 aromatic rings. The van der Waals surface area contributed by atoms with Gasteiger partial charge in [-0.2, -0.15) is 5.26 Å². The summed E-state index contributed by atoms with van der Waals surface area (Å²) in [7, 11) is 4.14. The predicted octanol–water partition coefficient (Wildman–Crippen LogP) is 1.38. The highest BCUT2D eigenvalue weighted by atomic mass is 15.2. The van der Waals surface area contributed by atoms with Crippen LogP contribution in [0.1, 0.15) is 25.1 Å². The number of pyridine rings is 1. The summed E-state index contributed by atoms with van der Waals surface area (Å²) in [6.45, 7) is 6.03. The molecule has 1 heterocycles. The minimum Gasteiger partial charge on any atom is -0.311 e. The van der Waals surface area contributed by atoms with E-state index in [4.69, 9.17) is 5.26 Å². The standard InChI is InChI=1S/C13H20N4/c1-13(2,17(3)4)10-15-9-11-5-6-16-12(7-11)8-14/h5-7,15H,9-10H2,1-4H3. The quantitative estimate of drug-likeness (QED) is 0.833. The van der Waals surface area contributed by atoms with Crippen LogP contribution in [0.2, 0.25) is 0 Å². The minimum atomic E-state index is 0.116. The van der Waals surface area contributed by atoms with Gasteiger partial charge in [0.25, 0.3) is 0 Å². The third kappa shape index (κ3) is 4.14. The monoisotopic (exact) mass is 232 g/mol. The number of hydrogen-bond acceptors (Lipinski definition) is 4. The molecule has 0 atom stereocenters. The lowest BCUT2D eigenvalue weighted by Crippen LogP contribution is -2.46. The van der Waals surface area contributed by atoms with Gasteiger partial charge in [0, 0.05) is 24.8 Å². The van der Waals surface area contributed by atoms with E-state index in [9.17, 15) is 0 Å². The molecule has 4 heteroatoms. The first-order chi connectivity index (χ1) is 7.95. The number of likely N-dealkylation sites (N-methyl/N-ethyl adjacent to an activating group) is 1. The lowest BCUT2D eigenvalue weighted by Gasteiger charge is -2.32. The average Bonchev–Trinajstić information content (AvgIpc) is 2.29. The van der Waals surface area contributed by atoms with Crippen LogP contribution in [0.3, 0.4) is 0 Å². The Hall–Kier alpha value is -1.44. The third-order valence-electron chi connectivity index (χ3n) is 3.04. The molecule has 0 saturated carbocycles. The highest BCUT2D eigenvalue weighted by Gasteiger charge is 2.19. The maximum Gasteiger partial charge on any atom is 0.140 e. The van der Waals surface area contributed by atoms with Crippen LogP contribution in [0.15, 0.2) is 18.3 Å². The van der Waals surface area contributed by atoms with Crippen molar-refractivity contribution < 1.29 is 0 Å². The molecule has 0 radical (unpaired) electrons. The van der Waals surface area contributed by atoms with Gasteiger partial charge in [-0.25, -0.2) is 4.98 Å². The van der Waals surface area contributed by atoms with Crippen molar-refractivity contribution in [3.05, 3.63) is 29.6 Å². The van der Waals surface area contributed by atoms with Crippen molar-refractivity contribution in [3.8, 4) is 6.07 Å². The molecule has 0 spiro atoms. The normalized spacial score (nSPS) is 11.5. The fraction of sp³-hybridized carbons (Fsp3) is 0.538. The zero-order valence-corrected chi connectivity index (χ0v) is 11.0. The van der Waals surface area contributed by atoms with E-state index < -0.39 is 0 Å². The van der Waals surface area contributed by atoms with Crippen molar-refractivity contribution in [2.45, 2.75) is 25.9 Å². The summed E-state index contributed by atoms with van der Waals surface area (Å²) in [5.74, 6) is 0. The molecule has 0 saturated heterocycles. The highest BCUT2D eigenvalue weighted by Crippen LogP contribution is 2.08. The number of aromatic nitrogens is 1. The Morgan fingerprint density at radius 1 is 1.47 bits per heavy atom. The van der Waals surface area contributed by atoms with Gasteiger partial charge in [0.1, 0.15) is 11.8 Å². The van der Waals surface area contributed by atoms with Gasteiger partial charge in [-0.15, -0.1) is 0 Å². The number of nitrogens with zero attached hydrogens (tertiary/aromatic N) is 3. The first kappa shape index (κ1) is 13.6. The van der Waals surface area contributed by atoms with Gasteiger partial charge in [0.05, 0.1) is 0 Å². The number of nitriles is 1. The minimum absolute atomic E-state index is 0.116. The number of nitrogens with one attached hydrogen (secondary N) is 1. The Bertz CT molecular complexity index is 404. The predicted molar refractivity (Wildman–Crippen MR) is 68.4 cm³/mol. The summed E-state index contributed by atoms with van der Waals surface area (Å²) >= 11 is 0. The van der Waals surface area contributed by atoms with Crippen LogP contribution in [0, 0.1) is 11.3 Å². The molecule has 92 valence electrons. The van der Waals surface area contributed by atoms with Crippen LogP contribution in [0.5, 0.6) is 0 Å². The van der Waals surface area contributed by atoms with E-state index in [1.165, 1.54) is 0 Å². The van der Waals surface area contributed by atoms with Crippen LogP contribution in [0.25, 0.3) is 0 Å². The fourth-order valence-electron chi connectivity index (χ4n) is 1.32. The third-order valence-corrected chi connectivity index (χ3v) is 3.04. The zero-order valence-electron chi connectivity index (χ0n) is 11.0. The van der Waals surface area contributed by atoms with E-state index in [0.717, 1.165) is 18.7 Å². The average molecular weight is 232 g/mol. The second-order valence-electron chi connectivity index (χ2n) is 4.97. The molecule has 17 heavy (non-hydrogen) atoms. The van der Waals surface area contributed by atoms with Crippen LogP contribution < -0.4 is 5.32 Å². The van der Waals surface area contributed by atoms with Gasteiger partial charge in [-0.3, -0.25) is 0 Å². The van der Waals surface area contributed by atoms with Crippen molar-refractivity contribution in [1.82, 2.24) is 15.2 Å². The van der Waals surface area contributed by atoms with E-state index in [1.54, 1.807) is 6.20 Å². The summed E-state index contributed by atoms with van der Waals surface area (Å²) in [6.07, 6.45) is 1.67. The molecule has 0 bridgehead atoms. The summed E-state index contributed by atoms with van der Waals surface area (Å²) in [4.78, 5) is 6.13. The molecular formula is C13H20N4. The maximum absolute atomic E-state index is 8.75. The fourth-order valence-corrected chi connectivity index (χ4v) is 1.32. The van der Waals surface area contributed by atoms with E-state index in [1.807, 2.05) is 18.2 Å². The van der Waals surface area contributed by atoms with Gasteiger partial charge in [0.15, 0.2) is 0 Å². The van der Waals surface area contributed by atoms with Gasteiger partial charge >= 0.3 is 0 Å². The Labute approximate surface area is 103 Å². The Morgan fingerprint density at radius 3 is 2.76 bits per heavy atom. The first-order valence-electron chi connectivity index (χ1n) is 5.69. The molecule has 0 aromatic carbocycles. The second kappa shape index (κ2) is 5.76. The first-order valence-corrected chi connectivity index (χ1v) is 5.69. The molecular weight excluding hydrogens is 212 g/mol. The molecule has 1 rings (SSSR count). The SMILES string of the molecule is CN(C)C(C)(C)CNCc1ccnc(C#N)c1. The Balaban J connectivity index is 2.49. The smallest absolute Gasteiger partial charge is 0.140 e. The van der Waals surface area contributed by atoms with E-state index in [-0.39, 0.29) is 5.54 Å². The molecule has 0 aliphatic heterocycles. The van der Waals surface area contributed by atoms with Crippen molar-refractivity contribution in [2.24, 2.45) is 0 Å². The molecule has 0 unspecified atom stereocenters. The van der Waals surface area contributed by atoms with Crippen molar-refractivity contribution in [2.75, 3.05) is 20.6 Å². The van der Waals surface area contributed by atoms with Gasteiger partial charge in [-0.05, 0) is 45.6 Å². The van der Waals surface area contributed by atoms with Crippen LogP contribution in [-0.4, -0.2) is 36.1 Å². The zero-order chi connectivity index (χ0) is 12.9. The number of hydrogen-bond donors (Lipinski definition) is 1. The van der Waals surface area contributed by atoms with Crippen LogP contribution in [0.4, 0.5) is 0 Å². The lowest BCUT2D eigenvalue weighted by atomic mass is 10.0. The molecule has 1 aromatic heterocycles. The maximum atomic E-state index is 8.75. The highest BCUT2D eigenvalue weighted by molar-refractivity contribution is 5.25. The summed E-state index contributed by atoms with van der Waals surface area (Å²) in [6, 6.07) is 5.79. The van der Waals surface area contributed by atoms with Crippen LogP contribution >= 0.6 is 0 Å². The van der Waals surface area contributed by atoms with E-state index in [2.05, 4.69) is 43.1 Å². The lowest BCUT2D eigenvalue weighted by molar-refractivity contribution is 0.190. The summed E-state index contributed by atoms with van der Waals surface area (Å²) < 4.78 is 0. The second-order valence-corrected chi connectivity index (χ2v) is 4.97. The molecule has 0 fully saturated rings. The van der Waals surface area contributed by atoms with E-state index >= 15 is 0 Å². The molecule has 0 aliphatic carbocycles. The number of rotatable bonds is 5. The molecule has 1 N–H and O–H groups in total. The topological polar surface area (TPSA) is 52.0 Å². The largest absolute Gasteiger partial charge is 0.311 e. The summed E-state index contributed by atoms with van der Waals surface area (Å²) in [5.41, 5.74) is 1.67. The molecule has 4 nitrogen and oxygen atoms in total. The Kier molecular flexibility index (Phi) is 4.62. The molecule has 0 amide bonds. The Morgan fingerprint density at radius 2 is 2.18 bits per heavy atom. The molecule has 0 aliphatic rings. The van der Waals surface area contributed by atoms with Gasteiger partial charge in [-0.1, -0.05) is 0 Å². The van der Waals surface area contributed by atoms with Crippen molar-refractivity contribution in [1.29, 1.82) is 5.26 Å². The van der Waals surface area contributed by atoms with Crippen molar-refractivity contribution in [3.63, 3.8) is 0 Å². The van der Waals surface area contributed by atoms with Crippen LogP contribution in [-0.2, 0) is 6.54 Å². The van der Waals surface area contributed by atoms with Gasteiger partial charge in [0.2, 0.25) is 0 Å². The van der Waals surface area contributed by atoms with Crippen molar-refractivity contribution >= 4 is 0 Å². The van der Waals surface area contributed by atoms with E-state index in [0.29, 0.717) is 5.69 Å². The van der Waals surface area contributed by atoms with Gasteiger partial charge < -0.3 is 10.2 Å². The summed E-state index contributed by atoms with van der Waals surface area (Å²) in [5, 5.41) is 12.1.